The Morgan fingerprint density at radius 2 is 1.53 bits per heavy atom. The van der Waals surface area contributed by atoms with Gasteiger partial charge in [-0.05, 0) is 25.0 Å². The van der Waals surface area contributed by atoms with Gasteiger partial charge in [0, 0.05) is 5.56 Å². The molecule has 0 aliphatic rings. The second-order valence-electron chi connectivity index (χ2n) is 8.81. The lowest BCUT2D eigenvalue weighted by atomic mass is 10.00. The van der Waals surface area contributed by atoms with Gasteiger partial charge in [-0.1, -0.05) is 102 Å². The van der Waals surface area contributed by atoms with Crippen LogP contribution in [0.2, 0.25) is 0 Å². The van der Waals surface area contributed by atoms with Gasteiger partial charge in [-0.15, -0.1) is 5.10 Å². The van der Waals surface area contributed by atoms with Crippen molar-refractivity contribution in [1.29, 1.82) is 0 Å². The quantitative estimate of drug-likeness (QED) is 0.145. The number of carbonyl (C=O) groups is 1. The van der Waals surface area contributed by atoms with Gasteiger partial charge in [-0.25, -0.2) is 4.68 Å². The zero-order valence-electron chi connectivity index (χ0n) is 20.1. The predicted molar refractivity (Wildman–Crippen MR) is 132 cm³/mol. The first-order valence-corrected chi connectivity index (χ1v) is 12.7. The number of anilines is 1. The molecule has 0 aliphatic carbocycles. The molecule has 0 bridgehead atoms. The summed E-state index contributed by atoms with van der Waals surface area (Å²) in [7, 11) is 0. The molecule has 6 heteroatoms. The highest BCUT2D eigenvalue weighted by atomic mass is 16.3. The Morgan fingerprint density at radius 1 is 0.938 bits per heavy atom. The molecule has 0 radical (unpaired) electrons. The lowest BCUT2D eigenvalue weighted by molar-refractivity contribution is -0.105. The SMILES string of the molecule is CCCCCCCCC(CCCCCCCC)n1cc(-c2cccc(NC=O)c2O)nn1. The molecular weight excluding hydrogens is 400 g/mol. The van der Waals surface area contributed by atoms with Gasteiger partial charge in [0.05, 0.1) is 17.9 Å². The normalized spacial score (nSPS) is 11.2. The van der Waals surface area contributed by atoms with Gasteiger partial charge in [-0.2, -0.15) is 0 Å². The largest absolute Gasteiger partial charge is 0.505 e. The lowest BCUT2D eigenvalue weighted by Gasteiger charge is -2.17. The van der Waals surface area contributed by atoms with Gasteiger partial charge in [0.2, 0.25) is 6.41 Å². The minimum Gasteiger partial charge on any atom is -0.505 e. The highest BCUT2D eigenvalue weighted by molar-refractivity contribution is 5.82. The van der Waals surface area contributed by atoms with E-state index < -0.39 is 0 Å². The summed E-state index contributed by atoms with van der Waals surface area (Å²) in [5.41, 5.74) is 1.59. The van der Waals surface area contributed by atoms with Crippen molar-refractivity contribution in [1.82, 2.24) is 15.0 Å². The average molecular weight is 443 g/mol. The van der Waals surface area contributed by atoms with Crippen LogP contribution in [0.5, 0.6) is 5.75 Å². The molecule has 178 valence electrons. The Balaban J connectivity index is 2.02. The van der Waals surface area contributed by atoms with Crippen LogP contribution in [0, 0.1) is 0 Å². The van der Waals surface area contributed by atoms with Crippen molar-refractivity contribution in [2.24, 2.45) is 0 Å². The number of aromatic nitrogens is 3. The van der Waals surface area contributed by atoms with Gasteiger partial charge in [0.1, 0.15) is 11.4 Å². The van der Waals surface area contributed by atoms with Crippen molar-refractivity contribution in [3.05, 3.63) is 24.4 Å². The van der Waals surface area contributed by atoms with Crippen molar-refractivity contribution in [2.45, 2.75) is 110 Å². The fourth-order valence-electron chi connectivity index (χ4n) is 4.24. The van der Waals surface area contributed by atoms with Gasteiger partial charge in [-0.3, -0.25) is 4.79 Å². The van der Waals surface area contributed by atoms with Crippen LogP contribution in [0.25, 0.3) is 11.3 Å². The molecule has 1 aromatic carbocycles. The van der Waals surface area contributed by atoms with Crippen LogP contribution in [0.3, 0.4) is 0 Å². The van der Waals surface area contributed by atoms with E-state index in [0.29, 0.717) is 29.4 Å². The van der Waals surface area contributed by atoms with Crippen molar-refractivity contribution < 1.29 is 9.90 Å². The number of nitrogens with one attached hydrogen (secondary N) is 1. The number of nitrogens with zero attached hydrogens (tertiary/aromatic N) is 3. The summed E-state index contributed by atoms with van der Waals surface area (Å²) >= 11 is 0. The number of benzene rings is 1. The first-order chi connectivity index (χ1) is 15.7. The molecule has 0 aliphatic heterocycles. The number of para-hydroxylation sites is 1. The third-order valence-corrected chi connectivity index (χ3v) is 6.19. The molecule has 0 spiro atoms. The van der Waals surface area contributed by atoms with Gasteiger partial charge >= 0.3 is 0 Å². The summed E-state index contributed by atoms with van der Waals surface area (Å²) in [6, 6.07) is 5.60. The molecule has 2 N–H and O–H groups in total. The van der Waals surface area contributed by atoms with Crippen LogP contribution >= 0.6 is 0 Å². The topological polar surface area (TPSA) is 80.0 Å². The predicted octanol–water partition coefficient (Wildman–Crippen LogP) is 7.26. The summed E-state index contributed by atoms with van der Waals surface area (Å²) in [6.07, 6.45) is 20.2. The third-order valence-electron chi connectivity index (χ3n) is 6.19. The molecule has 0 saturated heterocycles. The number of unbranched alkanes of at least 4 members (excludes halogenated alkanes) is 10. The van der Waals surface area contributed by atoms with Crippen LogP contribution < -0.4 is 5.32 Å². The minimum absolute atomic E-state index is 0.0232. The van der Waals surface area contributed by atoms with Crippen LogP contribution in [0.15, 0.2) is 24.4 Å². The van der Waals surface area contributed by atoms with E-state index in [0.717, 1.165) is 12.8 Å². The molecule has 32 heavy (non-hydrogen) atoms. The maximum absolute atomic E-state index is 10.8. The number of aromatic hydroxyl groups is 1. The Bertz CT molecular complexity index is 759. The van der Waals surface area contributed by atoms with E-state index in [9.17, 15) is 9.90 Å². The first kappa shape index (κ1) is 25.9. The van der Waals surface area contributed by atoms with Crippen molar-refractivity contribution in [3.8, 4) is 17.0 Å². The molecule has 1 amide bonds. The molecular formula is C26H42N4O2. The second-order valence-corrected chi connectivity index (χ2v) is 8.81. The smallest absolute Gasteiger partial charge is 0.211 e. The van der Waals surface area contributed by atoms with E-state index in [1.54, 1.807) is 18.2 Å². The van der Waals surface area contributed by atoms with Crippen molar-refractivity contribution in [2.75, 3.05) is 5.32 Å². The summed E-state index contributed by atoms with van der Waals surface area (Å²) in [5, 5.41) is 21.8. The van der Waals surface area contributed by atoms with Crippen LogP contribution in [-0.4, -0.2) is 26.5 Å². The molecule has 0 atom stereocenters. The van der Waals surface area contributed by atoms with Crippen molar-refractivity contribution >= 4 is 12.1 Å². The molecule has 0 fully saturated rings. The molecule has 6 nitrogen and oxygen atoms in total. The Hall–Kier alpha value is -2.37. The van der Waals surface area contributed by atoms with E-state index in [2.05, 4.69) is 29.5 Å². The van der Waals surface area contributed by atoms with Crippen molar-refractivity contribution in [3.63, 3.8) is 0 Å². The molecule has 1 heterocycles. The van der Waals surface area contributed by atoms with Crippen LogP contribution in [0.1, 0.15) is 110 Å². The average Bonchev–Trinajstić information content (AvgIpc) is 3.28. The summed E-state index contributed by atoms with van der Waals surface area (Å²) in [4.78, 5) is 10.8. The first-order valence-electron chi connectivity index (χ1n) is 12.7. The Morgan fingerprint density at radius 3 is 2.12 bits per heavy atom. The zero-order chi connectivity index (χ0) is 23.0. The van der Waals surface area contributed by atoms with Gasteiger partial charge in [0.15, 0.2) is 0 Å². The van der Waals surface area contributed by atoms with E-state index in [1.165, 1.54) is 77.0 Å². The van der Waals surface area contributed by atoms with E-state index in [-0.39, 0.29) is 5.75 Å². The maximum Gasteiger partial charge on any atom is 0.211 e. The van der Waals surface area contributed by atoms with E-state index in [1.807, 2.05) is 10.9 Å². The molecule has 2 aromatic rings. The lowest BCUT2D eigenvalue weighted by Crippen LogP contribution is -2.10. The van der Waals surface area contributed by atoms with E-state index in [4.69, 9.17) is 0 Å². The summed E-state index contributed by atoms with van der Waals surface area (Å²) < 4.78 is 1.99. The van der Waals surface area contributed by atoms with Gasteiger partial charge in [0.25, 0.3) is 0 Å². The zero-order valence-corrected chi connectivity index (χ0v) is 20.1. The monoisotopic (exact) mass is 442 g/mol. The molecule has 2 rings (SSSR count). The standard InChI is InChI=1S/C26H42N4O2/c1-3-5-7-9-11-13-16-22(17-14-12-10-8-6-4-2)30-20-25(28-29-30)23-18-15-19-24(26(23)32)27-21-31/h15,18-22,32H,3-14,16-17H2,1-2H3,(H,27,31). The number of hydrogen-bond acceptors (Lipinski definition) is 4. The second kappa shape index (κ2) is 15.4. The van der Waals surface area contributed by atoms with Crippen LogP contribution in [0.4, 0.5) is 5.69 Å². The highest BCUT2D eigenvalue weighted by Gasteiger charge is 2.17. The summed E-state index contributed by atoms with van der Waals surface area (Å²) in [6.45, 7) is 4.50. The number of amides is 1. The third kappa shape index (κ3) is 8.64. The fraction of sp³-hybridized carbons (Fsp3) is 0.654. The van der Waals surface area contributed by atoms with Gasteiger partial charge < -0.3 is 10.4 Å². The Kier molecular flexibility index (Phi) is 12.5. The summed E-state index contributed by atoms with van der Waals surface area (Å²) in [5.74, 6) is 0.0232. The molecule has 0 unspecified atom stereocenters. The number of rotatable bonds is 18. The van der Waals surface area contributed by atoms with Crippen LogP contribution in [-0.2, 0) is 4.79 Å². The van der Waals surface area contributed by atoms with E-state index >= 15 is 0 Å². The fourth-order valence-corrected chi connectivity index (χ4v) is 4.24. The number of hydrogen-bond donors (Lipinski definition) is 2. The highest BCUT2D eigenvalue weighted by Crippen LogP contribution is 2.34. The number of carbonyl (C=O) groups excluding carboxylic acids is 1. The number of phenols is 1. The Labute approximate surface area is 193 Å². The minimum atomic E-state index is 0.0232. The molecule has 0 saturated carbocycles. The number of phenolic OH excluding ortho intramolecular Hbond substituents is 1. The maximum atomic E-state index is 10.8. The molecule has 1 aromatic heterocycles.